The summed E-state index contributed by atoms with van der Waals surface area (Å²) in [5.74, 6) is -0.256. The minimum absolute atomic E-state index is 0.0695. The summed E-state index contributed by atoms with van der Waals surface area (Å²) in [6.45, 7) is 1.87. The van der Waals surface area contributed by atoms with E-state index in [1.165, 1.54) is 16.5 Å². The number of nitrogens with zero attached hydrogens (tertiary/aromatic N) is 3. The summed E-state index contributed by atoms with van der Waals surface area (Å²) in [6.07, 6.45) is -0.747. The summed E-state index contributed by atoms with van der Waals surface area (Å²) in [7, 11) is 1.41. The number of anilines is 3. The molecule has 1 aliphatic heterocycles. The van der Waals surface area contributed by atoms with E-state index in [2.05, 4.69) is 4.98 Å². The molecular formula is C24H25N5O5. The molecule has 0 spiro atoms. The minimum Gasteiger partial charge on any atom is -0.479 e. The molecule has 0 saturated carbocycles. The van der Waals surface area contributed by atoms with Gasteiger partial charge in [-0.25, -0.2) is 4.79 Å². The van der Waals surface area contributed by atoms with Crippen molar-refractivity contribution in [2.24, 2.45) is 0 Å². The van der Waals surface area contributed by atoms with Crippen molar-refractivity contribution in [3.05, 3.63) is 81.0 Å². The van der Waals surface area contributed by atoms with Crippen LogP contribution in [0.15, 0.2) is 64.2 Å². The van der Waals surface area contributed by atoms with Crippen LogP contribution in [-0.2, 0) is 16.1 Å². The standard InChI is InChI=1S/C24H25N5O5/c1-15-23(32)28(17-10-6-7-11-18(17)34-15)13-12-19(30)27(2)20-21(25)29(24(33)26-22(20)31)14-16-8-4-3-5-9-16/h3-11,15H,12-14,25H2,1-2H3,(H,26,31,33). The molecule has 0 radical (unpaired) electrons. The van der Waals surface area contributed by atoms with Crippen LogP contribution < -0.4 is 31.5 Å². The fourth-order valence-corrected chi connectivity index (χ4v) is 3.91. The maximum atomic E-state index is 13.0. The molecule has 10 nitrogen and oxygen atoms in total. The van der Waals surface area contributed by atoms with E-state index in [4.69, 9.17) is 10.5 Å². The summed E-state index contributed by atoms with van der Waals surface area (Å²) >= 11 is 0. The highest BCUT2D eigenvalue weighted by Crippen LogP contribution is 2.33. The van der Waals surface area contributed by atoms with E-state index in [9.17, 15) is 19.2 Å². The number of hydrogen-bond acceptors (Lipinski definition) is 6. The minimum atomic E-state index is -0.760. The molecule has 2 heterocycles. The van der Waals surface area contributed by atoms with E-state index in [1.807, 2.05) is 30.3 Å². The van der Waals surface area contributed by atoms with Crippen LogP contribution in [0.25, 0.3) is 0 Å². The number of aromatic amines is 1. The zero-order valence-corrected chi connectivity index (χ0v) is 18.9. The number of fused-ring (bicyclic) bond motifs is 1. The van der Waals surface area contributed by atoms with Crippen LogP contribution in [0.1, 0.15) is 18.9 Å². The summed E-state index contributed by atoms with van der Waals surface area (Å²) in [6, 6.07) is 16.2. The van der Waals surface area contributed by atoms with Crippen molar-refractivity contribution in [3.63, 3.8) is 0 Å². The highest BCUT2D eigenvalue weighted by atomic mass is 16.5. The van der Waals surface area contributed by atoms with Gasteiger partial charge >= 0.3 is 5.69 Å². The van der Waals surface area contributed by atoms with Gasteiger partial charge in [-0.15, -0.1) is 0 Å². The Kier molecular flexibility index (Phi) is 6.22. The summed E-state index contributed by atoms with van der Waals surface area (Å²) in [5.41, 5.74) is 6.02. The Bertz CT molecular complexity index is 1350. The Morgan fingerprint density at radius 1 is 1.09 bits per heavy atom. The molecule has 0 fully saturated rings. The monoisotopic (exact) mass is 463 g/mol. The molecule has 34 heavy (non-hydrogen) atoms. The van der Waals surface area contributed by atoms with Crippen LogP contribution in [0.2, 0.25) is 0 Å². The molecule has 176 valence electrons. The normalized spacial score (nSPS) is 14.9. The lowest BCUT2D eigenvalue weighted by molar-refractivity contribution is -0.125. The quantitative estimate of drug-likeness (QED) is 0.567. The van der Waals surface area contributed by atoms with Crippen molar-refractivity contribution >= 4 is 29.0 Å². The molecule has 2 aromatic carbocycles. The Morgan fingerprint density at radius 3 is 2.50 bits per heavy atom. The molecule has 3 N–H and O–H groups in total. The van der Waals surface area contributed by atoms with Gasteiger partial charge in [-0.1, -0.05) is 42.5 Å². The second kappa shape index (κ2) is 9.26. The third-order valence-corrected chi connectivity index (χ3v) is 5.73. The highest BCUT2D eigenvalue weighted by Gasteiger charge is 2.32. The first-order valence-electron chi connectivity index (χ1n) is 10.8. The van der Waals surface area contributed by atoms with Crippen molar-refractivity contribution in [1.82, 2.24) is 9.55 Å². The Morgan fingerprint density at radius 2 is 1.76 bits per heavy atom. The van der Waals surface area contributed by atoms with Gasteiger partial charge in [0.2, 0.25) is 5.91 Å². The number of hydrogen-bond donors (Lipinski definition) is 2. The van der Waals surface area contributed by atoms with Crippen molar-refractivity contribution in [2.45, 2.75) is 26.0 Å². The summed E-state index contributed by atoms with van der Waals surface area (Å²) < 4.78 is 6.83. The van der Waals surface area contributed by atoms with Gasteiger partial charge in [0.1, 0.15) is 11.6 Å². The third kappa shape index (κ3) is 4.29. The lowest BCUT2D eigenvalue weighted by Crippen LogP contribution is -2.46. The molecule has 3 aromatic rings. The number of nitrogens with one attached hydrogen (secondary N) is 1. The van der Waals surface area contributed by atoms with E-state index >= 15 is 0 Å². The second-order valence-corrected chi connectivity index (χ2v) is 7.99. The zero-order valence-electron chi connectivity index (χ0n) is 18.9. The number of nitrogen functional groups attached to an aromatic ring is 1. The number of carbonyl (C=O) groups excluding carboxylic acids is 2. The van der Waals surface area contributed by atoms with E-state index in [0.29, 0.717) is 11.4 Å². The number of H-pyrrole nitrogens is 1. The number of carbonyl (C=O) groups is 2. The number of rotatable bonds is 6. The second-order valence-electron chi connectivity index (χ2n) is 7.99. The largest absolute Gasteiger partial charge is 0.479 e. The third-order valence-electron chi connectivity index (χ3n) is 5.73. The summed E-state index contributed by atoms with van der Waals surface area (Å²) in [4.78, 5) is 55.5. The van der Waals surface area contributed by atoms with Crippen LogP contribution >= 0.6 is 0 Å². The van der Waals surface area contributed by atoms with Crippen molar-refractivity contribution in [3.8, 4) is 5.75 Å². The lowest BCUT2D eigenvalue weighted by atomic mass is 10.1. The number of ether oxygens (including phenoxy) is 1. The smallest absolute Gasteiger partial charge is 0.330 e. The SMILES string of the molecule is CC1Oc2ccccc2N(CCC(=O)N(C)c2c(N)n(Cc3ccccc3)c(=O)[nH]c2=O)C1=O. The molecule has 0 aliphatic carbocycles. The number of amides is 2. The molecule has 4 rings (SSSR count). The fourth-order valence-electron chi connectivity index (χ4n) is 3.91. The van der Waals surface area contributed by atoms with Gasteiger partial charge in [-0.2, -0.15) is 0 Å². The van der Waals surface area contributed by atoms with E-state index in [0.717, 1.165) is 10.5 Å². The van der Waals surface area contributed by atoms with Crippen molar-refractivity contribution < 1.29 is 14.3 Å². The van der Waals surface area contributed by atoms with Gasteiger partial charge in [0.05, 0.1) is 12.2 Å². The number of benzene rings is 2. The van der Waals surface area contributed by atoms with Gasteiger partial charge in [0.15, 0.2) is 11.8 Å². The first-order chi connectivity index (χ1) is 16.3. The number of aromatic nitrogens is 2. The molecule has 2 amide bonds. The van der Waals surface area contributed by atoms with Gasteiger partial charge in [-0.05, 0) is 24.6 Å². The first kappa shape index (κ1) is 22.8. The van der Waals surface area contributed by atoms with Crippen molar-refractivity contribution in [2.75, 3.05) is 29.1 Å². The van der Waals surface area contributed by atoms with Crippen LogP contribution in [-0.4, -0.2) is 41.1 Å². The molecule has 1 aliphatic rings. The molecule has 0 saturated heterocycles. The average molecular weight is 463 g/mol. The van der Waals surface area contributed by atoms with Crippen molar-refractivity contribution in [1.29, 1.82) is 0 Å². The van der Waals surface area contributed by atoms with Crippen LogP contribution in [0.5, 0.6) is 5.75 Å². The Hall–Kier alpha value is -4.34. The molecule has 1 atom stereocenters. The molecule has 10 heteroatoms. The lowest BCUT2D eigenvalue weighted by Gasteiger charge is -2.33. The predicted octanol–water partition coefficient (Wildman–Crippen LogP) is 1.33. The van der Waals surface area contributed by atoms with Gasteiger partial charge in [-0.3, -0.25) is 23.9 Å². The maximum absolute atomic E-state index is 13.0. The van der Waals surface area contributed by atoms with Gasteiger partial charge in [0.25, 0.3) is 11.5 Å². The van der Waals surface area contributed by atoms with E-state index in [-0.39, 0.29) is 36.9 Å². The average Bonchev–Trinajstić information content (AvgIpc) is 2.82. The Labute approximate surface area is 195 Å². The topological polar surface area (TPSA) is 131 Å². The highest BCUT2D eigenvalue weighted by molar-refractivity contribution is 6.01. The fraction of sp³-hybridized carbons (Fsp3) is 0.250. The van der Waals surface area contributed by atoms with E-state index in [1.54, 1.807) is 31.2 Å². The molecule has 1 unspecified atom stereocenters. The Balaban J connectivity index is 1.56. The van der Waals surface area contributed by atoms with Crippen LogP contribution in [0.3, 0.4) is 0 Å². The number of nitrogens with two attached hydrogens (primary N) is 1. The van der Waals surface area contributed by atoms with Gasteiger partial charge in [0, 0.05) is 20.0 Å². The molecule has 0 bridgehead atoms. The van der Waals surface area contributed by atoms with Crippen LogP contribution in [0.4, 0.5) is 17.2 Å². The molecule has 1 aromatic heterocycles. The zero-order chi connectivity index (χ0) is 24.4. The summed E-state index contributed by atoms with van der Waals surface area (Å²) in [5, 5.41) is 0. The van der Waals surface area contributed by atoms with Crippen LogP contribution in [0, 0.1) is 0 Å². The first-order valence-corrected chi connectivity index (χ1v) is 10.8. The molecular weight excluding hydrogens is 438 g/mol. The maximum Gasteiger partial charge on any atom is 0.330 e. The van der Waals surface area contributed by atoms with E-state index < -0.39 is 23.3 Å². The van der Waals surface area contributed by atoms with Gasteiger partial charge < -0.3 is 20.3 Å². The predicted molar refractivity (Wildman–Crippen MR) is 128 cm³/mol. The number of para-hydroxylation sites is 2.